The van der Waals surface area contributed by atoms with Crippen LogP contribution in [0.3, 0.4) is 0 Å². The maximum atomic E-state index is 10.2. The molecule has 1 aliphatic carbocycles. The molecule has 2 aliphatic rings. The van der Waals surface area contributed by atoms with E-state index in [-0.39, 0.29) is 12.1 Å². The maximum Gasteiger partial charge on any atom is 0.120 e. The molecule has 3 atom stereocenters. The second-order valence-electron chi connectivity index (χ2n) is 6.58. The molecule has 0 aromatic heterocycles. The van der Waals surface area contributed by atoms with Crippen LogP contribution in [0.5, 0.6) is 5.75 Å². The normalized spacial score (nSPS) is 29.6. The molecule has 0 spiro atoms. The van der Waals surface area contributed by atoms with Crippen LogP contribution < -0.4 is 5.32 Å². The number of benzene rings is 1. The van der Waals surface area contributed by atoms with E-state index in [9.17, 15) is 5.11 Å². The standard InChI is InChI=1S/C17H26N2O2/c1-11-4-5-15(20)17-14(8-12(2)16(11)17)18-9-13-10-19(3)6-7-21-13/h4-5,12-14,18,20H,6-10H2,1-3H3. The van der Waals surface area contributed by atoms with Gasteiger partial charge in [-0.05, 0) is 43.5 Å². The number of aryl methyl sites for hydroxylation is 1. The highest BCUT2D eigenvalue weighted by atomic mass is 16.5. The van der Waals surface area contributed by atoms with Crippen LogP contribution in [0.1, 0.15) is 42.0 Å². The van der Waals surface area contributed by atoms with Gasteiger partial charge in [-0.3, -0.25) is 0 Å². The lowest BCUT2D eigenvalue weighted by atomic mass is 9.97. The zero-order valence-corrected chi connectivity index (χ0v) is 13.2. The number of phenols is 1. The van der Waals surface area contributed by atoms with E-state index in [1.807, 2.05) is 12.1 Å². The van der Waals surface area contributed by atoms with Crippen molar-refractivity contribution >= 4 is 0 Å². The van der Waals surface area contributed by atoms with E-state index >= 15 is 0 Å². The predicted molar refractivity (Wildman–Crippen MR) is 83.9 cm³/mol. The number of morpholine rings is 1. The Morgan fingerprint density at radius 1 is 1.38 bits per heavy atom. The lowest BCUT2D eigenvalue weighted by Crippen LogP contribution is -2.45. The van der Waals surface area contributed by atoms with E-state index in [1.165, 1.54) is 11.1 Å². The smallest absolute Gasteiger partial charge is 0.120 e. The van der Waals surface area contributed by atoms with Crippen LogP contribution >= 0.6 is 0 Å². The van der Waals surface area contributed by atoms with Crippen molar-refractivity contribution in [3.8, 4) is 5.75 Å². The first-order chi connectivity index (χ1) is 10.1. The first-order valence-electron chi connectivity index (χ1n) is 7.92. The van der Waals surface area contributed by atoms with Crippen LogP contribution in [0.4, 0.5) is 0 Å². The number of hydrogen-bond donors (Lipinski definition) is 2. The fraction of sp³-hybridized carbons (Fsp3) is 0.647. The average molecular weight is 290 g/mol. The maximum absolute atomic E-state index is 10.2. The molecule has 0 saturated carbocycles. The fourth-order valence-corrected chi connectivity index (χ4v) is 3.79. The van der Waals surface area contributed by atoms with Gasteiger partial charge in [0, 0.05) is 31.2 Å². The lowest BCUT2D eigenvalue weighted by Gasteiger charge is -2.31. The molecule has 0 radical (unpaired) electrons. The number of fused-ring (bicyclic) bond motifs is 1. The van der Waals surface area contributed by atoms with E-state index in [2.05, 4.69) is 31.1 Å². The summed E-state index contributed by atoms with van der Waals surface area (Å²) in [5.74, 6) is 0.929. The van der Waals surface area contributed by atoms with E-state index in [1.54, 1.807) is 0 Å². The third-order valence-electron chi connectivity index (χ3n) is 4.85. The van der Waals surface area contributed by atoms with Crippen molar-refractivity contribution in [2.45, 2.75) is 38.3 Å². The molecule has 1 aliphatic heterocycles. The molecule has 116 valence electrons. The minimum absolute atomic E-state index is 0.241. The molecular formula is C17H26N2O2. The Morgan fingerprint density at radius 3 is 2.95 bits per heavy atom. The van der Waals surface area contributed by atoms with Gasteiger partial charge >= 0.3 is 0 Å². The van der Waals surface area contributed by atoms with Crippen molar-refractivity contribution in [3.63, 3.8) is 0 Å². The van der Waals surface area contributed by atoms with Crippen molar-refractivity contribution in [1.29, 1.82) is 0 Å². The predicted octanol–water partition coefficient (Wildman–Crippen LogP) is 2.17. The molecule has 4 heteroatoms. The number of rotatable bonds is 3. The number of nitrogens with zero attached hydrogens (tertiary/aromatic N) is 1. The molecule has 0 amide bonds. The van der Waals surface area contributed by atoms with Gasteiger partial charge in [-0.1, -0.05) is 13.0 Å². The largest absolute Gasteiger partial charge is 0.508 e. The van der Waals surface area contributed by atoms with Crippen LogP contribution in [0.2, 0.25) is 0 Å². The summed E-state index contributed by atoms with van der Waals surface area (Å²) in [7, 11) is 2.14. The zero-order chi connectivity index (χ0) is 15.0. The van der Waals surface area contributed by atoms with Crippen molar-refractivity contribution in [2.24, 2.45) is 0 Å². The Bertz CT molecular complexity index is 518. The monoisotopic (exact) mass is 290 g/mol. The Labute approximate surface area is 127 Å². The number of hydrogen-bond acceptors (Lipinski definition) is 4. The zero-order valence-electron chi connectivity index (χ0n) is 13.2. The molecule has 2 N–H and O–H groups in total. The summed E-state index contributed by atoms with van der Waals surface area (Å²) >= 11 is 0. The highest BCUT2D eigenvalue weighted by molar-refractivity contribution is 5.50. The van der Waals surface area contributed by atoms with Crippen molar-refractivity contribution in [2.75, 3.05) is 33.3 Å². The third-order valence-corrected chi connectivity index (χ3v) is 4.85. The molecule has 1 saturated heterocycles. The van der Waals surface area contributed by atoms with Gasteiger partial charge in [0.2, 0.25) is 0 Å². The van der Waals surface area contributed by atoms with Gasteiger partial charge in [0.15, 0.2) is 0 Å². The van der Waals surface area contributed by atoms with Crippen LogP contribution in [0, 0.1) is 6.92 Å². The molecule has 1 heterocycles. The van der Waals surface area contributed by atoms with Crippen molar-refractivity contribution < 1.29 is 9.84 Å². The Hall–Kier alpha value is -1.10. The molecule has 21 heavy (non-hydrogen) atoms. The van der Waals surface area contributed by atoms with Gasteiger partial charge < -0.3 is 20.1 Å². The number of phenolic OH excluding ortho intramolecular Hbond substituents is 1. The van der Waals surface area contributed by atoms with Gasteiger partial charge in [-0.25, -0.2) is 0 Å². The highest BCUT2D eigenvalue weighted by Gasteiger charge is 2.32. The van der Waals surface area contributed by atoms with Gasteiger partial charge in [-0.15, -0.1) is 0 Å². The lowest BCUT2D eigenvalue weighted by molar-refractivity contribution is -0.0193. The molecule has 1 aromatic rings. The molecular weight excluding hydrogens is 264 g/mol. The third kappa shape index (κ3) is 2.93. The van der Waals surface area contributed by atoms with Crippen molar-refractivity contribution in [3.05, 3.63) is 28.8 Å². The molecule has 1 aromatic carbocycles. The topological polar surface area (TPSA) is 44.7 Å². The van der Waals surface area contributed by atoms with Gasteiger partial charge in [-0.2, -0.15) is 0 Å². The summed E-state index contributed by atoms with van der Waals surface area (Å²) in [6.07, 6.45) is 1.30. The summed E-state index contributed by atoms with van der Waals surface area (Å²) in [6.45, 7) is 8.02. The molecule has 1 fully saturated rings. The first-order valence-corrected chi connectivity index (χ1v) is 7.92. The quantitative estimate of drug-likeness (QED) is 0.895. The Morgan fingerprint density at radius 2 is 2.19 bits per heavy atom. The average Bonchev–Trinajstić information content (AvgIpc) is 2.79. The van der Waals surface area contributed by atoms with E-state index in [0.717, 1.165) is 38.2 Å². The van der Waals surface area contributed by atoms with Crippen LogP contribution in [-0.2, 0) is 4.74 Å². The van der Waals surface area contributed by atoms with Crippen LogP contribution in [-0.4, -0.2) is 49.4 Å². The minimum atomic E-state index is 0.241. The van der Waals surface area contributed by atoms with Crippen LogP contribution in [0.15, 0.2) is 12.1 Å². The number of nitrogens with one attached hydrogen (secondary N) is 1. The summed E-state index contributed by atoms with van der Waals surface area (Å²) in [6, 6.07) is 4.09. The summed E-state index contributed by atoms with van der Waals surface area (Å²) in [5.41, 5.74) is 3.72. The summed E-state index contributed by atoms with van der Waals surface area (Å²) in [4.78, 5) is 2.31. The van der Waals surface area contributed by atoms with E-state index in [4.69, 9.17) is 4.74 Å². The van der Waals surface area contributed by atoms with Crippen molar-refractivity contribution in [1.82, 2.24) is 10.2 Å². The van der Waals surface area contributed by atoms with E-state index < -0.39 is 0 Å². The SMILES string of the molecule is Cc1ccc(O)c2c1C(C)CC2NCC1CN(C)CCO1. The molecule has 3 unspecified atom stereocenters. The first kappa shape index (κ1) is 14.8. The van der Waals surface area contributed by atoms with Gasteiger partial charge in [0.25, 0.3) is 0 Å². The fourth-order valence-electron chi connectivity index (χ4n) is 3.79. The van der Waals surface area contributed by atoms with Crippen LogP contribution in [0.25, 0.3) is 0 Å². The molecule has 3 rings (SSSR count). The highest BCUT2D eigenvalue weighted by Crippen LogP contribution is 2.45. The summed E-state index contributed by atoms with van der Waals surface area (Å²) in [5, 5.41) is 13.9. The number of aromatic hydroxyl groups is 1. The van der Waals surface area contributed by atoms with Gasteiger partial charge in [0.1, 0.15) is 5.75 Å². The Balaban J connectivity index is 1.70. The van der Waals surface area contributed by atoms with E-state index in [0.29, 0.717) is 11.7 Å². The molecule has 4 nitrogen and oxygen atoms in total. The van der Waals surface area contributed by atoms with Gasteiger partial charge in [0.05, 0.1) is 12.7 Å². The second-order valence-corrected chi connectivity index (χ2v) is 6.58. The minimum Gasteiger partial charge on any atom is -0.508 e. The second kappa shape index (κ2) is 5.95. The Kier molecular flexibility index (Phi) is 4.20. The molecule has 0 bridgehead atoms. The number of ether oxygens (including phenoxy) is 1. The number of likely N-dealkylation sites (N-methyl/N-ethyl adjacent to an activating group) is 1. The summed E-state index contributed by atoms with van der Waals surface area (Å²) < 4.78 is 5.81.